The van der Waals surface area contributed by atoms with E-state index in [4.69, 9.17) is 0 Å². The second-order valence-electron chi connectivity index (χ2n) is 8.39. The van der Waals surface area contributed by atoms with E-state index in [0.717, 1.165) is 6.42 Å². The van der Waals surface area contributed by atoms with Crippen LogP contribution in [0.5, 0.6) is 0 Å². The first-order chi connectivity index (χ1) is 9.17. The first kappa shape index (κ1) is 15.2. The van der Waals surface area contributed by atoms with Crippen molar-refractivity contribution in [2.24, 2.45) is 16.7 Å². The van der Waals surface area contributed by atoms with Gasteiger partial charge in [0.2, 0.25) is 0 Å². The van der Waals surface area contributed by atoms with E-state index >= 15 is 0 Å². The summed E-state index contributed by atoms with van der Waals surface area (Å²) in [5.74, 6) is 0.696. The van der Waals surface area contributed by atoms with Crippen molar-refractivity contribution in [2.45, 2.75) is 54.4 Å². The number of hydrogen-bond acceptors (Lipinski definition) is 0. The minimum absolute atomic E-state index is 0.339. The fourth-order valence-electron chi connectivity index (χ4n) is 2.99. The lowest BCUT2D eigenvalue weighted by atomic mass is 9.70. The lowest BCUT2D eigenvalue weighted by Gasteiger charge is -2.35. The molecule has 1 aromatic heterocycles. The molecule has 0 saturated carbocycles. The normalized spacial score (nSPS) is 14.7. The third kappa shape index (κ3) is 3.65. The highest BCUT2D eigenvalue weighted by Crippen LogP contribution is 2.39. The fraction of sp³-hybridized carbons (Fsp3) is 0.579. The smallest absolute Gasteiger partial charge is 0.0456 e. The van der Waals surface area contributed by atoms with Crippen LogP contribution in [0.25, 0.3) is 10.9 Å². The predicted octanol–water partition coefficient (Wildman–Crippen LogP) is 5.81. The molecule has 0 radical (unpaired) electrons. The summed E-state index contributed by atoms with van der Waals surface area (Å²) in [6.07, 6.45) is 4.62. The van der Waals surface area contributed by atoms with Gasteiger partial charge in [-0.05, 0) is 41.2 Å². The van der Waals surface area contributed by atoms with Crippen LogP contribution in [0.15, 0.2) is 30.5 Å². The molecule has 1 N–H and O–H groups in total. The zero-order chi connectivity index (χ0) is 15.0. The Morgan fingerprint density at radius 2 is 1.65 bits per heavy atom. The number of benzene rings is 1. The zero-order valence-electron chi connectivity index (χ0n) is 13.9. The third-order valence-electron chi connectivity index (χ3n) is 4.22. The number of nitrogens with one attached hydrogen (secondary N) is 1. The van der Waals surface area contributed by atoms with Crippen molar-refractivity contribution < 1.29 is 0 Å². The van der Waals surface area contributed by atoms with E-state index in [2.05, 4.69) is 77.0 Å². The fourth-order valence-corrected chi connectivity index (χ4v) is 2.99. The van der Waals surface area contributed by atoms with Crippen molar-refractivity contribution in [3.8, 4) is 0 Å². The molecule has 0 fully saturated rings. The quantitative estimate of drug-likeness (QED) is 0.725. The lowest BCUT2D eigenvalue weighted by molar-refractivity contribution is 0.165. The van der Waals surface area contributed by atoms with Crippen molar-refractivity contribution in [2.75, 3.05) is 0 Å². The first-order valence-electron chi connectivity index (χ1n) is 7.72. The lowest BCUT2D eigenvalue weighted by Crippen LogP contribution is -2.27. The maximum absolute atomic E-state index is 3.41. The SMILES string of the molecule is CC(C)(C)CC(Cc1c[nH]c2ccccc12)C(C)(C)C. The number of aromatic amines is 1. The number of hydrogen-bond donors (Lipinski definition) is 1. The number of rotatable bonds is 3. The highest BCUT2D eigenvalue weighted by molar-refractivity contribution is 5.83. The van der Waals surface area contributed by atoms with Gasteiger partial charge in [-0.1, -0.05) is 59.7 Å². The molecule has 0 aliphatic heterocycles. The van der Waals surface area contributed by atoms with Crippen molar-refractivity contribution in [1.82, 2.24) is 4.98 Å². The molecule has 0 saturated heterocycles. The maximum atomic E-state index is 3.41. The van der Waals surface area contributed by atoms with E-state index in [9.17, 15) is 0 Å². The van der Waals surface area contributed by atoms with Crippen molar-refractivity contribution >= 4 is 10.9 Å². The molecule has 20 heavy (non-hydrogen) atoms. The van der Waals surface area contributed by atoms with Gasteiger partial charge >= 0.3 is 0 Å². The molecule has 0 aliphatic rings. The summed E-state index contributed by atoms with van der Waals surface area (Å²) in [6, 6.07) is 8.63. The van der Waals surface area contributed by atoms with Gasteiger partial charge in [-0.3, -0.25) is 0 Å². The third-order valence-corrected chi connectivity index (χ3v) is 4.22. The van der Waals surface area contributed by atoms with Gasteiger partial charge in [0.15, 0.2) is 0 Å². The molecular formula is C19H29N. The van der Waals surface area contributed by atoms with Gasteiger partial charge in [0, 0.05) is 17.1 Å². The number of H-pyrrole nitrogens is 1. The molecule has 1 unspecified atom stereocenters. The Labute approximate surface area is 123 Å². The van der Waals surface area contributed by atoms with Crippen molar-refractivity contribution in [3.63, 3.8) is 0 Å². The van der Waals surface area contributed by atoms with Crippen LogP contribution in [-0.4, -0.2) is 4.98 Å². The van der Waals surface area contributed by atoms with E-state index < -0.39 is 0 Å². The van der Waals surface area contributed by atoms with Crippen LogP contribution < -0.4 is 0 Å². The highest BCUT2D eigenvalue weighted by Gasteiger charge is 2.29. The van der Waals surface area contributed by atoms with Gasteiger partial charge in [0.05, 0.1) is 0 Å². The second-order valence-corrected chi connectivity index (χ2v) is 8.39. The first-order valence-corrected chi connectivity index (χ1v) is 7.72. The summed E-state index contributed by atoms with van der Waals surface area (Å²) >= 11 is 0. The molecule has 2 aromatic rings. The molecule has 1 heteroatoms. The van der Waals surface area contributed by atoms with Crippen LogP contribution in [0, 0.1) is 16.7 Å². The summed E-state index contributed by atoms with van der Waals surface area (Å²) in [5.41, 5.74) is 3.44. The Bertz CT molecular complexity index is 563. The summed E-state index contributed by atoms with van der Waals surface area (Å²) in [7, 11) is 0. The van der Waals surface area contributed by atoms with Gasteiger partial charge in [-0.15, -0.1) is 0 Å². The molecule has 0 aliphatic carbocycles. The molecule has 1 atom stereocenters. The van der Waals surface area contributed by atoms with Gasteiger partial charge in [-0.25, -0.2) is 0 Å². The topological polar surface area (TPSA) is 15.8 Å². The minimum atomic E-state index is 0.339. The van der Waals surface area contributed by atoms with Gasteiger partial charge in [0.1, 0.15) is 0 Å². The number of fused-ring (bicyclic) bond motifs is 1. The van der Waals surface area contributed by atoms with E-state index in [-0.39, 0.29) is 0 Å². The predicted molar refractivity (Wildman–Crippen MR) is 89.0 cm³/mol. The standard InChI is InChI=1S/C19H29N/c1-18(2,3)12-15(19(4,5)6)11-14-13-20-17-10-8-7-9-16(14)17/h7-10,13,15,20H,11-12H2,1-6H3. The number of aromatic nitrogens is 1. The Hall–Kier alpha value is -1.24. The Morgan fingerprint density at radius 1 is 1.00 bits per heavy atom. The molecule has 1 aromatic carbocycles. The Kier molecular flexibility index (Phi) is 4.00. The summed E-state index contributed by atoms with van der Waals surface area (Å²) in [5, 5.41) is 1.38. The van der Waals surface area contributed by atoms with Crippen LogP contribution in [0.3, 0.4) is 0 Å². The molecule has 2 rings (SSSR count). The van der Waals surface area contributed by atoms with Crippen LogP contribution >= 0.6 is 0 Å². The van der Waals surface area contributed by atoms with Crippen LogP contribution in [0.4, 0.5) is 0 Å². The molecule has 110 valence electrons. The summed E-state index contributed by atoms with van der Waals surface area (Å²) < 4.78 is 0. The van der Waals surface area contributed by atoms with Crippen LogP contribution in [0.2, 0.25) is 0 Å². The van der Waals surface area contributed by atoms with Crippen LogP contribution in [-0.2, 0) is 6.42 Å². The number of para-hydroxylation sites is 1. The zero-order valence-corrected chi connectivity index (χ0v) is 13.9. The molecule has 0 spiro atoms. The molecule has 0 bridgehead atoms. The molecule has 1 nitrogen and oxygen atoms in total. The van der Waals surface area contributed by atoms with Crippen molar-refractivity contribution in [1.29, 1.82) is 0 Å². The monoisotopic (exact) mass is 271 g/mol. The van der Waals surface area contributed by atoms with Gasteiger partial charge < -0.3 is 4.98 Å². The molecular weight excluding hydrogens is 242 g/mol. The molecule has 0 amide bonds. The highest BCUT2D eigenvalue weighted by atomic mass is 14.7. The van der Waals surface area contributed by atoms with Gasteiger partial charge in [-0.2, -0.15) is 0 Å². The summed E-state index contributed by atoms with van der Waals surface area (Å²) in [4.78, 5) is 3.41. The van der Waals surface area contributed by atoms with Crippen LogP contribution in [0.1, 0.15) is 53.5 Å². The minimum Gasteiger partial charge on any atom is -0.361 e. The molecule has 1 heterocycles. The Balaban J connectivity index is 2.28. The van der Waals surface area contributed by atoms with Crippen molar-refractivity contribution in [3.05, 3.63) is 36.0 Å². The summed E-state index contributed by atoms with van der Waals surface area (Å²) in [6.45, 7) is 14.2. The average Bonchev–Trinajstić information content (AvgIpc) is 2.69. The second kappa shape index (κ2) is 5.27. The van der Waals surface area contributed by atoms with E-state index in [0.29, 0.717) is 16.7 Å². The largest absolute Gasteiger partial charge is 0.361 e. The van der Waals surface area contributed by atoms with E-state index in [1.807, 2.05) is 0 Å². The average molecular weight is 271 g/mol. The van der Waals surface area contributed by atoms with E-state index in [1.54, 1.807) is 0 Å². The maximum Gasteiger partial charge on any atom is 0.0456 e. The Morgan fingerprint density at radius 3 is 2.25 bits per heavy atom. The van der Waals surface area contributed by atoms with E-state index in [1.165, 1.54) is 22.9 Å². The van der Waals surface area contributed by atoms with Gasteiger partial charge in [0.25, 0.3) is 0 Å².